The molecule has 2 aromatic carbocycles. The van der Waals surface area contributed by atoms with Crippen LogP contribution in [0.5, 0.6) is 0 Å². The van der Waals surface area contributed by atoms with Crippen molar-refractivity contribution >= 4 is 44.6 Å². The van der Waals surface area contributed by atoms with E-state index in [0.29, 0.717) is 10.8 Å². The molecule has 0 aliphatic rings. The van der Waals surface area contributed by atoms with Crippen LogP contribution in [0.15, 0.2) is 63.9 Å². The van der Waals surface area contributed by atoms with Gasteiger partial charge in [-0.15, -0.1) is 0 Å². The summed E-state index contributed by atoms with van der Waals surface area (Å²) in [6.07, 6.45) is 0. The zero-order valence-corrected chi connectivity index (χ0v) is 16.2. The van der Waals surface area contributed by atoms with Gasteiger partial charge in [0.05, 0.1) is 11.4 Å². The lowest BCUT2D eigenvalue weighted by Crippen LogP contribution is -2.25. The van der Waals surface area contributed by atoms with Crippen molar-refractivity contribution in [3.63, 3.8) is 0 Å². The maximum Gasteiger partial charge on any atom is 0.295 e. The minimum atomic E-state index is -0.147. The highest BCUT2D eigenvalue weighted by atomic mass is 79.9. The summed E-state index contributed by atoms with van der Waals surface area (Å²) >= 11 is 8.74. The fourth-order valence-electron chi connectivity index (χ4n) is 2.52. The third-order valence-corrected chi connectivity index (χ3v) is 4.63. The van der Waals surface area contributed by atoms with Crippen LogP contribution < -0.4 is 16.2 Å². The summed E-state index contributed by atoms with van der Waals surface area (Å²) < 4.78 is 4.41. The van der Waals surface area contributed by atoms with E-state index in [1.807, 2.05) is 73.3 Å². The van der Waals surface area contributed by atoms with Crippen molar-refractivity contribution < 1.29 is 0 Å². The van der Waals surface area contributed by atoms with Crippen LogP contribution >= 0.6 is 28.1 Å². The molecule has 3 aromatic rings. The van der Waals surface area contributed by atoms with Gasteiger partial charge in [-0.05, 0) is 55.5 Å². The van der Waals surface area contributed by atoms with Gasteiger partial charge < -0.3 is 10.6 Å². The first-order chi connectivity index (χ1) is 12.0. The number of nitrogens with one attached hydrogen (secondary N) is 2. The van der Waals surface area contributed by atoms with Crippen LogP contribution in [-0.2, 0) is 7.05 Å². The zero-order chi connectivity index (χ0) is 18.0. The lowest BCUT2D eigenvalue weighted by Gasteiger charge is -2.09. The molecule has 0 radical (unpaired) electrons. The monoisotopic (exact) mass is 416 g/mol. The SMILES string of the molecule is Cc1c(NC(=S)Nc2ccc(Br)cc2)c(=O)n(-c2ccccc2)n1C. The fraction of sp³-hybridized carbons (Fsp3) is 0.111. The first kappa shape index (κ1) is 17.4. The Morgan fingerprint density at radius 1 is 1.04 bits per heavy atom. The Morgan fingerprint density at radius 3 is 2.32 bits per heavy atom. The number of thiocarbonyl (C=S) groups is 1. The van der Waals surface area contributed by atoms with Crippen LogP contribution in [0.4, 0.5) is 11.4 Å². The summed E-state index contributed by atoms with van der Waals surface area (Å²) in [7, 11) is 1.85. The predicted molar refractivity (Wildman–Crippen MR) is 110 cm³/mol. The minimum absolute atomic E-state index is 0.147. The quantitative estimate of drug-likeness (QED) is 0.632. The van der Waals surface area contributed by atoms with Crippen LogP contribution in [0.3, 0.4) is 0 Å². The zero-order valence-electron chi connectivity index (χ0n) is 13.8. The van der Waals surface area contributed by atoms with Gasteiger partial charge in [0.1, 0.15) is 5.69 Å². The number of para-hydroxylation sites is 1. The van der Waals surface area contributed by atoms with E-state index < -0.39 is 0 Å². The highest BCUT2D eigenvalue weighted by molar-refractivity contribution is 9.10. The number of nitrogens with zero attached hydrogens (tertiary/aromatic N) is 2. The van der Waals surface area contributed by atoms with Gasteiger partial charge in [0.15, 0.2) is 5.11 Å². The summed E-state index contributed by atoms with van der Waals surface area (Å²) in [6.45, 7) is 1.88. The van der Waals surface area contributed by atoms with Gasteiger partial charge >= 0.3 is 0 Å². The van der Waals surface area contributed by atoms with Crippen LogP contribution in [0.25, 0.3) is 5.69 Å². The van der Waals surface area contributed by atoms with E-state index in [2.05, 4.69) is 26.6 Å². The molecule has 0 unspecified atom stereocenters. The average Bonchev–Trinajstić information content (AvgIpc) is 2.81. The first-order valence-electron chi connectivity index (χ1n) is 7.65. The van der Waals surface area contributed by atoms with E-state index in [0.717, 1.165) is 21.5 Å². The van der Waals surface area contributed by atoms with Crippen molar-refractivity contribution in [1.29, 1.82) is 0 Å². The normalized spacial score (nSPS) is 10.5. The molecule has 0 fully saturated rings. The van der Waals surface area contributed by atoms with Gasteiger partial charge in [0.2, 0.25) is 0 Å². The van der Waals surface area contributed by atoms with Gasteiger partial charge in [-0.3, -0.25) is 9.48 Å². The molecular weight excluding hydrogens is 400 g/mol. The summed E-state index contributed by atoms with van der Waals surface area (Å²) in [5, 5.41) is 6.48. The lowest BCUT2D eigenvalue weighted by molar-refractivity contribution is 0.630. The Morgan fingerprint density at radius 2 is 1.68 bits per heavy atom. The topological polar surface area (TPSA) is 51.0 Å². The molecule has 0 aliphatic carbocycles. The molecule has 25 heavy (non-hydrogen) atoms. The van der Waals surface area contributed by atoms with E-state index >= 15 is 0 Å². The summed E-state index contributed by atoms with van der Waals surface area (Å²) in [5.41, 5.74) is 2.76. The highest BCUT2D eigenvalue weighted by Crippen LogP contribution is 2.16. The number of halogens is 1. The molecule has 128 valence electrons. The number of hydrogen-bond acceptors (Lipinski definition) is 2. The van der Waals surface area contributed by atoms with E-state index in [1.54, 1.807) is 4.68 Å². The molecule has 0 spiro atoms. The van der Waals surface area contributed by atoms with E-state index in [-0.39, 0.29) is 5.56 Å². The van der Waals surface area contributed by atoms with Crippen LogP contribution in [0.2, 0.25) is 0 Å². The fourth-order valence-corrected chi connectivity index (χ4v) is 3.01. The van der Waals surface area contributed by atoms with Gasteiger partial charge in [0, 0.05) is 17.2 Å². The number of anilines is 2. The molecule has 2 N–H and O–H groups in total. The van der Waals surface area contributed by atoms with Crippen molar-refractivity contribution in [3.05, 3.63) is 75.1 Å². The van der Waals surface area contributed by atoms with E-state index in [1.165, 1.54) is 0 Å². The molecule has 3 rings (SSSR count). The van der Waals surface area contributed by atoms with Crippen molar-refractivity contribution in [2.75, 3.05) is 10.6 Å². The second-order valence-electron chi connectivity index (χ2n) is 5.52. The lowest BCUT2D eigenvalue weighted by atomic mass is 10.3. The Balaban J connectivity index is 1.87. The molecule has 1 aromatic heterocycles. The van der Waals surface area contributed by atoms with Crippen LogP contribution in [0.1, 0.15) is 5.69 Å². The second kappa shape index (κ2) is 7.25. The smallest absolute Gasteiger partial charge is 0.295 e. The Bertz CT molecular complexity index is 961. The van der Waals surface area contributed by atoms with Crippen molar-refractivity contribution in [2.45, 2.75) is 6.92 Å². The average molecular weight is 417 g/mol. The van der Waals surface area contributed by atoms with Gasteiger partial charge in [-0.1, -0.05) is 34.1 Å². The van der Waals surface area contributed by atoms with Crippen LogP contribution in [-0.4, -0.2) is 14.5 Å². The highest BCUT2D eigenvalue weighted by Gasteiger charge is 2.16. The minimum Gasteiger partial charge on any atom is -0.332 e. The summed E-state index contributed by atoms with van der Waals surface area (Å²) in [4.78, 5) is 12.8. The van der Waals surface area contributed by atoms with Gasteiger partial charge in [0.25, 0.3) is 5.56 Å². The van der Waals surface area contributed by atoms with Gasteiger partial charge in [-0.25, -0.2) is 4.68 Å². The van der Waals surface area contributed by atoms with Crippen molar-refractivity contribution in [2.24, 2.45) is 7.05 Å². The summed E-state index contributed by atoms with van der Waals surface area (Å²) in [5.74, 6) is 0. The molecule has 0 amide bonds. The first-order valence-corrected chi connectivity index (χ1v) is 8.85. The molecular formula is C18H17BrN4OS. The van der Waals surface area contributed by atoms with Crippen molar-refractivity contribution in [3.8, 4) is 5.69 Å². The molecule has 7 heteroatoms. The molecule has 1 heterocycles. The number of rotatable bonds is 3. The molecule has 0 aliphatic heterocycles. The van der Waals surface area contributed by atoms with Gasteiger partial charge in [-0.2, -0.15) is 0 Å². The third-order valence-electron chi connectivity index (χ3n) is 3.89. The van der Waals surface area contributed by atoms with E-state index in [4.69, 9.17) is 12.2 Å². The predicted octanol–water partition coefficient (Wildman–Crippen LogP) is 4.06. The Hall–Kier alpha value is -2.38. The summed E-state index contributed by atoms with van der Waals surface area (Å²) in [6, 6.07) is 17.1. The molecule has 0 bridgehead atoms. The third kappa shape index (κ3) is 3.67. The maximum absolute atomic E-state index is 12.8. The Labute approximate surface area is 159 Å². The van der Waals surface area contributed by atoms with E-state index in [9.17, 15) is 4.79 Å². The molecule has 5 nitrogen and oxygen atoms in total. The molecule has 0 atom stereocenters. The second-order valence-corrected chi connectivity index (χ2v) is 6.85. The molecule has 0 saturated carbocycles. The Kier molecular flexibility index (Phi) is 5.06. The largest absolute Gasteiger partial charge is 0.332 e. The van der Waals surface area contributed by atoms with Crippen LogP contribution in [0, 0.1) is 6.92 Å². The standard InChI is InChI=1S/C18H17BrN4OS/c1-12-16(21-18(25)20-14-10-8-13(19)9-11-14)17(24)23(22(12)2)15-6-4-3-5-7-15/h3-11H,1-2H3,(H2,20,21,25). The number of aromatic nitrogens is 2. The maximum atomic E-state index is 12.8. The van der Waals surface area contributed by atoms with Crippen molar-refractivity contribution in [1.82, 2.24) is 9.36 Å². The molecule has 0 saturated heterocycles. The number of benzene rings is 2. The number of hydrogen-bond donors (Lipinski definition) is 2.